The molecule has 0 aromatic heterocycles. The van der Waals surface area contributed by atoms with Crippen LogP contribution in [0.5, 0.6) is 0 Å². The minimum atomic E-state index is -0.867. The highest BCUT2D eigenvalue weighted by molar-refractivity contribution is 5.91. The van der Waals surface area contributed by atoms with E-state index < -0.39 is 11.7 Å². The average molecular weight is 355 g/mol. The van der Waals surface area contributed by atoms with E-state index in [-0.39, 0.29) is 10.8 Å². The molecule has 0 aromatic carbocycles. The lowest BCUT2D eigenvalue weighted by Crippen LogP contribution is -2.56. The summed E-state index contributed by atoms with van der Waals surface area (Å²) in [7, 11) is 0. The molecule has 26 heavy (non-hydrogen) atoms. The van der Waals surface area contributed by atoms with E-state index >= 15 is 0 Å². The van der Waals surface area contributed by atoms with E-state index in [0.717, 1.165) is 38.5 Å². The number of rotatable bonds is 1. The number of hydrogen-bond acceptors (Lipinski definition) is 3. The molecule has 140 valence electrons. The molecule has 0 radical (unpaired) electrons. The summed E-state index contributed by atoms with van der Waals surface area (Å²) in [5.74, 6) is 4.75. The summed E-state index contributed by atoms with van der Waals surface area (Å²) >= 11 is 0. The number of ether oxygens (including phenoxy) is 1. The Morgan fingerprint density at radius 2 is 1.92 bits per heavy atom. The predicted octanol–water partition coefficient (Wildman–Crippen LogP) is 3.99. The molecular weight excluding hydrogens is 326 g/mol. The highest BCUT2D eigenvalue weighted by Crippen LogP contribution is 2.68. The van der Waals surface area contributed by atoms with E-state index in [1.54, 1.807) is 0 Å². The summed E-state index contributed by atoms with van der Waals surface area (Å²) < 4.78 is 5.59. The first kappa shape index (κ1) is 17.6. The fourth-order valence-corrected chi connectivity index (χ4v) is 7.16. The number of terminal acetylenes is 1. The Balaban J connectivity index is 1.69. The van der Waals surface area contributed by atoms with Gasteiger partial charge in [0, 0.05) is 11.8 Å². The summed E-state index contributed by atoms with van der Waals surface area (Å²) in [5, 5.41) is 0. The standard InChI is InChI=1S/C22H29NO3/c1-4-22(26-19(23)25)12-9-18-16-6-5-14-13-15(24)7-10-20(14,2)17(16)8-11-21(18,22)3/h1,13,16-18H,5-12H2,2-3H3,(H2,23,25)/t16-,17+,18+,20+,21+,22-/m1/s1. The molecule has 4 aliphatic carbocycles. The summed E-state index contributed by atoms with van der Waals surface area (Å²) in [6.07, 6.45) is 14.5. The van der Waals surface area contributed by atoms with Crippen molar-refractivity contribution in [2.45, 2.75) is 70.8 Å². The van der Waals surface area contributed by atoms with Crippen LogP contribution in [0, 0.1) is 40.9 Å². The van der Waals surface area contributed by atoms with Gasteiger partial charge in [0.1, 0.15) is 0 Å². The Bertz CT molecular complexity index is 734. The van der Waals surface area contributed by atoms with Crippen LogP contribution in [-0.4, -0.2) is 17.5 Å². The van der Waals surface area contributed by atoms with E-state index in [2.05, 4.69) is 19.8 Å². The van der Waals surface area contributed by atoms with Crippen molar-refractivity contribution in [3.05, 3.63) is 11.6 Å². The fourth-order valence-electron chi connectivity index (χ4n) is 7.16. The van der Waals surface area contributed by atoms with Gasteiger partial charge in [-0.15, -0.1) is 6.42 Å². The van der Waals surface area contributed by atoms with Crippen molar-refractivity contribution < 1.29 is 14.3 Å². The highest BCUT2D eigenvalue weighted by atomic mass is 16.6. The van der Waals surface area contributed by atoms with Gasteiger partial charge in [-0.1, -0.05) is 25.3 Å². The van der Waals surface area contributed by atoms with E-state index in [0.29, 0.717) is 36.4 Å². The molecule has 4 nitrogen and oxygen atoms in total. The molecule has 1 amide bonds. The second-order valence-corrected chi connectivity index (χ2v) is 9.36. The minimum Gasteiger partial charge on any atom is -0.429 e. The maximum atomic E-state index is 11.9. The zero-order valence-corrected chi connectivity index (χ0v) is 15.8. The van der Waals surface area contributed by atoms with Gasteiger partial charge in [0.15, 0.2) is 11.4 Å². The Morgan fingerprint density at radius 1 is 1.19 bits per heavy atom. The van der Waals surface area contributed by atoms with Crippen molar-refractivity contribution in [2.24, 2.45) is 34.3 Å². The largest absolute Gasteiger partial charge is 0.429 e. The van der Waals surface area contributed by atoms with Crippen LogP contribution in [0.25, 0.3) is 0 Å². The zero-order chi connectivity index (χ0) is 18.7. The molecule has 3 fully saturated rings. The summed E-state index contributed by atoms with van der Waals surface area (Å²) in [6, 6.07) is 0. The lowest BCUT2D eigenvalue weighted by Gasteiger charge is -2.58. The van der Waals surface area contributed by atoms with Crippen LogP contribution in [-0.2, 0) is 9.53 Å². The number of nitrogens with two attached hydrogens (primary N) is 1. The van der Waals surface area contributed by atoms with E-state index in [1.165, 1.54) is 5.57 Å². The van der Waals surface area contributed by atoms with Gasteiger partial charge in [-0.3, -0.25) is 4.79 Å². The maximum absolute atomic E-state index is 11.9. The molecule has 0 aliphatic heterocycles. The molecular formula is C22H29NO3. The van der Waals surface area contributed by atoms with Crippen molar-refractivity contribution in [1.29, 1.82) is 0 Å². The van der Waals surface area contributed by atoms with Gasteiger partial charge in [0.25, 0.3) is 0 Å². The van der Waals surface area contributed by atoms with Gasteiger partial charge in [0.05, 0.1) is 0 Å². The first-order valence-electron chi connectivity index (χ1n) is 9.96. The predicted molar refractivity (Wildman–Crippen MR) is 98.9 cm³/mol. The van der Waals surface area contributed by atoms with Crippen LogP contribution in [0.4, 0.5) is 4.79 Å². The van der Waals surface area contributed by atoms with Crippen LogP contribution in [0.3, 0.4) is 0 Å². The molecule has 0 unspecified atom stereocenters. The molecule has 6 atom stereocenters. The summed E-state index contributed by atoms with van der Waals surface area (Å²) in [6.45, 7) is 4.58. The van der Waals surface area contributed by atoms with Crippen LogP contribution >= 0.6 is 0 Å². The van der Waals surface area contributed by atoms with Gasteiger partial charge < -0.3 is 10.5 Å². The topological polar surface area (TPSA) is 69.4 Å². The SMILES string of the molecule is C#C[C@@]1(OC(N)=O)CC[C@H]2[C@@H]3CCC4=CC(=O)CC[C@]4(C)[C@H]3CC[C@@]21C. The van der Waals surface area contributed by atoms with Crippen molar-refractivity contribution >= 4 is 11.9 Å². The highest BCUT2D eigenvalue weighted by Gasteiger charge is 2.65. The molecule has 0 saturated heterocycles. The van der Waals surface area contributed by atoms with Crippen molar-refractivity contribution in [3.8, 4) is 12.3 Å². The van der Waals surface area contributed by atoms with Gasteiger partial charge in [-0.2, -0.15) is 0 Å². The van der Waals surface area contributed by atoms with Crippen LogP contribution in [0.1, 0.15) is 65.2 Å². The number of carbonyl (C=O) groups is 2. The van der Waals surface area contributed by atoms with Crippen molar-refractivity contribution in [2.75, 3.05) is 0 Å². The fraction of sp³-hybridized carbons (Fsp3) is 0.727. The number of ketones is 1. The van der Waals surface area contributed by atoms with Crippen LogP contribution < -0.4 is 5.73 Å². The average Bonchev–Trinajstić information content (AvgIpc) is 2.88. The lowest BCUT2D eigenvalue weighted by atomic mass is 9.46. The number of hydrogen-bond donors (Lipinski definition) is 1. The number of fused-ring (bicyclic) bond motifs is 5. The molecule has 0 aromatic rings. The normalized spacial score (nSPS) is 47.0. The minimum absolute atomic E-state index is 0.143. The smallest absolute Gasteiger partial charge is 0.406 e. The number of carbonyl (C=O) groups excluding carboxylic acids is 2. The molecule has 4 aliphatic rings. The van der Waals surface area contributed by atoms with Crippen LogP contribution in [0.15, 0.2) is 11.6 Å². The maximum Gasteiger partial charge on any atom is 0.406 e. The van der Waals surface area contributed by atoms with E-state index in [9.17, 15) is 9.59 Å². The summed E-state index contributed by atoms with van der Waals surface area (Å²) in [4.78, 5) is 23.5. The third-order valence-corrected chi connectivity index (χ3v) is 8.59. The first-order chi connectivity index (χ1) is 12.3. The van der Waals surface area contributed by atoms with Gasteiger partial charge in [-0.05, 0) is 74.2 Å². The van der Waals surface area contributed by atoms with Gasteiger partial charge in [0.2, 0.25) is 0 Å². The van der Waals surface area contributed by atoms with Crippen LogP contribution in [0.2, 0.25) is 0 Å². The quantitative estimate of drug-likeness (QED) is 0.723. The summed E-state index contributed by atoms with van der Waals surface area (Å²) in [5.41, 5.74) is 5.81. The van der Waals surface area contributed by atoms with E-state index in [4.69, 9.17) is 16.9 Å². The molecule has 3 saturated carbocycles. The molecule has 0 spiro atoms. The lowest BCUT2D eigenvalue weighted by molar-refractivity contribution is -0.119. The second-order valence-electron chi connectivity index (χ2n) is 9.36. The van der Waals surface area contributed by atoms with Gasteiger partial charge >= 0.3 is 6.09 Å². The Kier molecular flexibility index (Phi) is 3.81. The Hall–Kier alpha value is -1.76. The van der Waals surface area contributed by atoms with Crippen molar-refractivity contribution in [3.63, 3.8) is 0 Å². The molecule has 2 N–H and O–H groups in total. The van der Waals surface area contributed by atoms with E-state index in [1.807, 2.05) is 6.08 Å². The third-order valence-electron chi connectivity index (χ3n) is 8.59. The third kappa shape index (κ3) is 2.15. The number of primary amides is 1. The monoisotopic (exact) mass is 355 g/mol. The zero-order valence-electron chi connectivity index (χ0n) is 15.8. The Labute approximate surface area is 155 Å². The molecule has 4 heteroatoms. The van der Waals surface area contributed by atoms with Crippen molar-refractivity contribution in [1.82, 2.24) is 0 Å². The number of amides is 1. The second kappa shape index (κ2) is 5.62. The molecule has 0 bridgehead atoms. The molecule has 0 heterocycles. The van der Waals surface area contributed by atoms with Gasteiger partial charge in [-0.25, -0.2) is 4.79 Å². The number of allylic oxidation sites excluding steroid dienone is 1. The Morgan fingerprint density at radius 3 is 2.62 bits per heavy atom. The first-order valence-corrected chi connectivity index (χ1v) is 9.96. The molecule has 4 rings (SSSR count).